The van der Waals surface area contributed by atoms with E-state index < -0.39 is 0 Å². The molecule has 0 spiro atoms. The highest BCUT2D eigenvalue weighted by Crippen LogP contribution is 2.46. The first kappa shape index (κ1) is 15.8. The number of carbonyl (C=O) groups excluding carboxylic acids is 2. The second-order valence-corrected chi connectivity index (χ2v) is 8.44. The zero-order chi connectivity index (χ0) is 15.3. The Morgan fingerprint density at radius 3 is 2.05 bits per heavy atom. The third kappa shape index (κ3) is 2.56. The van der Waals surface area contributed by atoms with Crippen molar-refractivity contribution in [1.82, 2.24) is 0 Å². The number of carbonyl (C=O) groups is 2. The van der Waals surface area contributed by atoms with Gasteiger partial charge in [-0.15, -0.1) is 0 Å². The molecule has 21 heavy (non-hydrogen) atoms. The van der Waals surface area contributed by atoms with Crippen LogP contribution in [0.15, 0.2) is 18.2 Å². The predicted molar refractivity (Wildman–Crippen MR) is 90.6 cm³/mol. The number of halogens is 4. The maximum atomic E-state index is 12.6. The number of hydrogen-bond donors (Lipinski definition) is 0. The Morgan fingerprint density at radius 1 is 1.00 bits per heavy atom. The van der Waals surface area contributed by atoms with Crippen LogP contribution in [0.25, 0.3) is 0 Å². The number of anilines is 1. The number of hydrogen-bond acceptors (Lipinski definition) is 2. The van der Waals surface area contributed by atoms with Crippen molar-refractivity contribution < 1.29 is 9.59 Å². The molecular weight excluding hydrogens is 445 g/mol. The molecule has 3 rings (SSSR count). The van der Waals surface area contributed by atoms with Crippen LogP contribution in [0.5, 0.6) is 0 Å². The van der Waals surface area contributed by atoms with Gasteiger partial charge in [0.15, 0.2) is 0 Å². The van der Waals surface area contributed by atoms with Crippen LogP contribution in [0.1, 0.15) is 12.8 Å². The van der Waals surface area contributed by atoms with Gasteiger partial charge in [0.25, 0.3) is 0 Å². The summed E-state index contributed by atoms with van der Waals surface area (Å²) in [6, 6.07) is 4.97. The van der Waals surface area contributed by atoms with Gasteiger partial charge >= 0.3 is 0 Å². The average molecular weight is 456 g/mol. The summed E-state index contributed by atoms with van der Waals surface area (Å²) in [5, 5.41) is 0.576. The van der Waals surface area contributed by atoms with Gasteiger partial charge in [0, 0.05) is 9.65 Å². The van der Waals surface area contributed by atoms with Crippen LogP contribution in [0.2, 0.25) is 10.0 Å². The van der Waals surface area contributed by atoms with Crippen LogP contribution in [0.4, 0.5) is 5.69 Å². The minimum atomic E-state index is -0.286. The molecule has 2 fully saturated rings. The minimum Gasteiger partial charge on any atom is -0.274 e. The molecule has 1 aromatic rings. The monoisotopic (exact) mass is 453 g/mol. The lowest BCUT2D eigenvalue weighted by Gasteiger charge is -2.29. The lowest BCUT2D eigenvalue weighted by molar-refractivity contribution is -0.122. The average Bonchev–Trinajstić information content (AvgIpc) is 2.67. The molecule has 1 saturated carbocycles. The molecule has 1 heterocycles. The number of nitrogens with zero attached hydrogens (tertiary/aromatic N) is 1. The van der Waals surface area contributed by atoms with E-state index in [0.717, 1.165) is 0 Å². The van der Waals surface area contributed by atoms with Crippen molar-refractivity contribution in [2.75, 3.05) is 4.90 Å². The van der Waals surface area contributed by atoms with Crippen molar-refractivity contribution in [3.05, 3.63) is 28.2 Å². The summed E-state index contributed by atoms with van der Waals surface area (Å²) in [6.07, 6.45) is 1.28. The second kappa shape index (κ2) is 5.84. The Labute approximate surface area is 149 Å². The van der Waals surface area contributed by atoms with E-state index in [4.69, 9.17) is 23.2 Å². The van der Waals surface area contributed by atoms with Crippen molar-refractivity contribution in [3.63, 3.8) is 0 Å². The van der Waals surface area contributed by atoms with Crippen LogP contribution in [0.3, 0.4) is 0 Å². The summed E-state index contributed by atoms with van der Waals surface area (Å²) in [6.45, 7) is 0. The lowest BCUT2D eigenvalue weighted by atomic mass is 9.81. The summed E-state index contributed by atoms with van der Waals surface area (Å²) in [5.41, 5.74) is 0.380. The van der Waals surface area contributed by atoms with Crippen LogP contribution in [-0.2, 0) is 9.59 Å². The first-order valence-corrected chi connectivity index (χ1v) is 9.10. The number of fused-ring (bicyclic) bond motifs is 1. The molecule has 0 N–H and O–H groups in total. The fraction of sp³-hybridized carbons (Fsp3) is 0.429. The molecule has 1 aliphatic carbocycles. The largest absolute Gasteiger partial charge is 0.274 e. The van der Waals surface area contributed by atoms with Crippen molar-refractivity contribution in [2.24, 2.45) is 11.8 Å². The van der Waals surface area contributed by atoms with Gasteiger partial charge in [-0.3, -0.25) is 9.59 Å². The first-order valence-electron chi connectivity index (χ1n) is 6.51. The van der Waals surface area contributed by atoms with Gasteiger partial charge in [-0.2, -0.15) is 0 Å². The van der Waals surface area contributed by atoms with Gasteiger partial charge in [0.05, 0.1) is 27.6 Å². The Morgan fingerprint density at radius 2 is 1.52 bits per heavy atom. The minimum absolute atomic E-state index is 0.182. The fourth-order valence-corrected chi connectivity index (χ4v) is 4.61. The molecule has 112 valence electrons. The Kier molecular flexibility index (Phi) is 4.39. The molecule has 2 aliphatic rings. The molecule has 1 aromatic carbocycles. The van der Waals surface area contributed by atoms with E-state index in [1.807, 2.05) is 0 Å². The maximum Gasteiger partial charge on any atom is 0.237 e. The first-order chi connectivity index (χ1) is 9.91. The molecule has 7 heteroatoms. The molecular formula is C14H11Br2Cl2NO2. The number of imide groups is 1. The summed E-state index contributed by atoms with van der Waals surface area (Å²) in [4.78, 5) is 26.8. The van der Waals surface area contributed by atoms with Crippen LogP contribution >= 0.6 is 55.1 Å². The highest BCUT2D eigenvalue weighted by Gasteiger charge is 2.52. The van der Waals surface area contributed by atoms with Gasteiger partial charge in [0.2, 0.25) is 11.8 Å². The maximum absolute atomic E-state index is 12.6. The molecule has 0 aromatic heterocycles. The van der Waals surface area contributed by atoms with Gasteiger partial charge in [-0.05, 0) is 25.0 Å². The van der Waals surface area contributed by atoms with Gasteiger partial charge in [0.1, 0.15) is 0 Å². The van der Waals surface area contributed by atoms with Crippen LogP contribution < -0.4 is 4.90 Å². The van der Waals surface area contributed by atoms with Crippen molar-refractivity contribution in [1.29, 1.82) is 0 Å². The number of rotatable bonds is 1. The lowest BCUT2D eigenvalue weighted by Crippen LogP contribution is -2.34. The zero-order valence-electron chi connectivity index (χ0n) is 10.7. The van der Waals surface area contributed by atoms with Gasteiger partial charge < -0.3 is 0 Å². The second-order valence-electron chi connectivity index (χ2n) is 5.30. The number of amides is 2. The zero-order valence-corrected chi connectivity index (χ0v) is 15.4. The third-order valence-corrected chi connectivity index (χ3v) is 7.63. The van der Waals surface area contributed by atoms with E-state index in [2.05, 4.69) is 31.9 Å². The Hall–Kier alpha value is -0.100. The summed E-state index contributed by atoms with van der Waals surface area (Å²) in [5.74, 6) is -0.938. The van der Waals surface area contributed by atoms with E-state index in [0.29, 0.717) is 23.6 Å². The van der Waals surface area contributed by atoms with E-state index in [1.54, 1.807) is 18.2 Å². The van der Waals surface area contributed by atoms with E-state index >= 15 is 0 Å². The topological polar surface area (TPSA) is 37.4 Å². The highest BCUT2D eigenvalue weighted by molar-refractivity contribution is 9.12. The normalized spacial score (nSPS) is 32.5. The van der Waals surface area contributed by atoms with E-state index in [-0.39, 0.29) is 38.3 Å². The number of alkyl halides is 2. The summed E-state index contributed by atoms with van der Waals surface area (Å²) >= 11 is 19.3. The van der Waals surface area contributed by atoms with Crippen molar-refractivity contribution in [3.8, 4) is 0 Å². The van der Waals surface area contributed by atoms with Crippen LogP contribution in [0, 0.1) is 11.8 Å². The molecule has 0 unspecified atom stereocenters. The fourth-order valence-electron chi connectivity index (χ4n) is 3.00. The molecule has 1 saturated heterocycles. The standard InChI is InChI=1S/C14H11Br2Cl2NO2/c15-8-4-6-7(5-9(8)16)14(21)19(13(6)20)11-3-1-2-10(17)12(11)18/h1-3,6-9H,4-5H2/t6-,7-,8-,9+/m1/s1. The predicted octanol–water partition coefficient (Wildman–Crippen LogP) is 4.42. The number of benzene rings is 1. The smallest absolute Gasteiger partial charge is 0.237 e. The third-order valence-electron chi connectivity index (χ3n) is 4.08. The quantitative estimate of drug-likeness (QED) is 0.464. The van der Waals surface area contributed by atoms with Gasteiger partial charge in [-0.25, -0.2) is 4.90 Å². The molecule has 4 atom stereocenters. The molecule has 1 aliphatic heterocycles. The van der Waals surface area contributed by atoms with Gasteiger partial charge in [-0.1, -0.05) is 61.1 Å². The molecule has 3 nitrogen and oxygen atoms in total. The van der Waals surface area contributed by atoms with Crippen LogP contribution in [-0.4, -0.2) is 21.5 Å². The van der Waals surface area contributed by atoms with E-state index in [1.165, 1.54) is 4.90 Å². The van der Waals surface area contributed by atoms with Crippen molar-refractivity contribution in [2.45, 2.75) is 22.5 Å². The van der Waals surface area contributed by atoms with Crippen molar-refractivity contribution >= 4 is 72.6 Å². The SMILES string of the molecule is O=C1[C@@H]2C[C@@H](Br)[C@@H](Br)C[C@H]2C(=O)N1c1cccc(Cl)c1Cl. The Balaban J connectivity index is 2.00. The molecule has 2 amide bonds. The molecule has 0 bridgehead atoms. The Bertz CT molecular complexity index is 597. The summed E-state index contributed by atoms with van der Waals surface area (Å²) < 4.78 is 0. The summed E-state index contributed by atoms with van der Waals surface area (Å²) in [7, 11) is 0. The molecule has 0 radical (unpaired) electrons. The van der Waals surface area contributed by atoms with E-state index in [9.17, 15) is 9.59 Å². The highest BCUT2D eigenvalue weighted by atomic mass is 79.9.